The zero-order valence-corrected chi connectivity index (χ0v) is 17.8. The van der Waals surface area contributed by atoms with E-state index in [1.165, 1.54) is 11.3 Å². The third-order valence-electron chi connectivity index (χ3n) is 5.35. The molecule has 0 atom stereocenters. The molecule has 2 aromatic heterocycles. The minimum Gasteiger partial charge on any atom is -0.368 e. The molecule has 0 radical (unpaired) electrons. The van der Waals surface area contributed by atoms with Gasteiger partial charge in [-0.1, -0.05) is 19.1 Å². The lowest BCUT2D eigenvalue weighted by Gasteiger charge is -2.36. The molecular formula is C23H26N6O2. The van der Waals surface area contributed by atoms with Crippen LogP contribution in [0.25, 0.3) is 5.82 Å². The number of piperazine rings is 1. The van der Waals surface area contributed by atoms with E-state index in [0.29, 0.717) is 36.7 Å². The lowest BCUT2D eigenvalue weighted by Crippen LogP contribution is -2.48. The minimum absolute atomic E-state index is 0.0624. The normalized spacial score (nSPS) is 13.9. The fourth-order valence-corrected chi connectivity index (χ4v) is 3.58. The summed E-state index contributed by atoms with van der Waals surface area (Å²) in [5.74, 6) is 0.493. The van der Waals surface area contributed by atoms with E-state index in [4.69, 9.17) is 0 Å². The average Bonchev–Trinajstić information content (AvgIpc) is 3.29. The maximum atomic E-state index is 12.9. The summed E-state index contributed by atoms with van der Waals surface area (Å²) in [4.78, 5) is 37.2. The van der Waals surface area contributed by atoms with Gasteiger partial charge in [-0.25, -0.2) is 9.97 Å². The minimum atomic E-state index is -0.0746. The van der Waals surface area contributed by atoms with Crippen molar-refractivity contribution in [2.24, 2.45) is 0 Å². The number of imidazole rings is 1. The maximum absolute atomic E-state index is 12.9. The van der Waals surface area contributed by atoms with E-state index in [1.54, 1.807) is 42.3 Å². The summed E-state index contributed by atoms with van der Waals surface area (Å²) in [7, 11) is 0. The van der Waals surface area contributed by atoms with Crippen molar-refractivity contribution in [1.82, 2.24) is 19.4 Å². The van der Waals surface area contributed by atoms with Crippen molar-refractivity contribution in [2.75, 3.05) is 36.4 Å². The van der Waals surface area contributed by atoms with E-state index < -0.39 is 0 Å². The summed E-state index contributed by atoms with van der Waals surface area (Å²) in [6.07, 6.45) is 5.29. The number of nitrogens with one attached hydrogen (secondary N) is 1. The highest BCUT2D eigenvalue weighted by Gasteiger charge is 2.24. The highest BCUT2D eigenvalue weighted by atomic mass is 16.2. The Hall–Kier alpha value is -3.68. The molecule has 0 aliphatic carbocycles. The number of benzene rings is 1. The summed E-state index contributed by atoms with van der Waals surface area (Å²) in [6, 6.07) is 12.0. The number of anilines is 2. The van der Waals surface area contributed by atoms with Crippen molar-refractivity contribution < 1.29 is 9.59 Å². The largest absolute Gasteiger partial charge is 0.368 e. The molecule has 8 nitrogen and oxygen atoms in total. The standard InChI is InChI=1S/C23H26N6O2/c1-3-22(30)26-18-7-8-21(24-14-18)29-15-20(25-16-29)23(31)28-11-9-27(10-12-28)19-6-4-5-17(2)13-19/h4-8,13-16H,3,9-12H2,1-2H3,(H,26,30). The molecule has 2 amide bonds. The first kappa shape index (κ1) is 20.6. The van der Waals surface area contributed by atoms with Crippen molar-refractivity contribution in [3.05, 3.63) is 66.4 Å². The van der Waals surface area contributed by atoms with Gasteiger partial charge in [-0.15, -0.1) is 0 Å². The van der Waals surface area contributed by atoms with E-state index in [2.05, 4.69) is 51.4 Å². The van der Waals surface area contributed by atoms with Crippen LogP contribution in [0.5, 0.6) is 0 Å². The van der Waals surface area contributed by atoms with Crippen LogP contribution in [0.3, 0.4) is 0 Å². The zero-order valence-electron chi connectivity index (χ0n) is 17.8. The fourth-order valence-electron chi connectivity index (χ4n) is 3.58. The molecule has 4 rings (SSSR count). The van der Waals surface area contributed by atoms with Crippen LogP contribution in [-0.4, -0.2) is 57.4 Å². The van der Waals surface area contributed by atoms with Crippen LogP contribution in [0.15, 0.2) is 55.1 Å². The van der Waals surface area contributed by atoms with Crippen LogP contribution < -0.4 is 10.2 Å². The van der Waals surface area contributed by atoms with Crippen LogP contribution in [0, 0.1) is 6.92 Å². The Kier molecular flexibility index (Phi) is 5.97. The Balaban J connectivity index is 1.38. The first-order valence-corrected chi connectivity index (χ1v) is 10.4. The van der Waals surface area contributed by atoms with Gasteiger partial charge in [-0.2, -0.15) is 0 Å². The summed E-state index contributed by atoms with van der Waals surface area (Å²) in [6.45, 7) is 6.78. The van der Waals surface area contributed by atoms with E-state index in [0.717, 1.165) is 13.1 Å². The van der Waals surface area contributed by atoms with Crippen LogP contribution in [0.1, 0.15) is 29.4 Å². The second kappa shape index (κ2) is 8.99. The monoisotopic (exact) mass is 418 g/mol. The molecule has 0 spiro atoms. The Morgan fingerprint density at radius 2 is 1.87 bits per heavy atom. The van der Waals surface area contributed by atoms with E-state index >= 15 is 0 Å². The third kappa shape index (κ3) is 4.74. The van der Waals surface area contributed by atoms with Crippen molar-refractivity contribution in [1.29, 1.82) is 0 Å². The first-order valence-electron chi connectivity index (χ1n) is 10.4. The van der Waals surface area contributed by atoms with Crippen LogP contribution >= 0.6 is 0 Å². The molecule has 3 aromatic rings. The Morgan fingerprint density at radius 3 is 2.55 bits per heavy atom. The lowest BCUT2D eigenvalue weighted by atomic mass is 10.2. The molecule has 1 aromatic carbocycles. The van der Waals surface area contributed by atoms with Gasteiger partial charge >= 0.3 is 0 Å². The van der Waals surface area contributed by atoms with E-state index in [-0.39, 0.29) is 11.8 Å². The van der Waals surface area contributed by atoms with Crippen LogP contribution in [0.2, 0.25) is 0 Å². The summed E-state index contributed by atoms with van der Waals surface area (Å²) in [5.41, 5.74) is 3.46. The second-order valence-corrected chi connectivity index (χ2v) is 7.59. The second-order valence-electron chi connectivity index (χ2n) is 7.59. The van der Waals surface area contributed by atoms with Crippen molar-refractivity contribution in [3.8, 4) is 5.82 Å². The summed E-state index contributed by atoms with van der Waals surface area (Å²) in [5, 5.41) is 2.76. The Morgan fingerprint density at radius 1 is 1.06 bits per heavy atom. The lowest BCUT2D eigenvalue weighted by molar-refractivity contribution is -0.115. The van der Waals surface area contributed by atoms with Gasteiger partial charge in [0.15, 0.2) is 0 Å². The molecule has 31 heavy (non-hydrogen) atoms. The predicted octanol–water partition coefficient (Wildman–Crippen LogP) is 2.89. The topological polar surface area (TPSA) is 83.4 Å². The zero-order chi connectivity index (χ0) is 21.8. The van der Waals surface area contributed by atoms with E-state index in [9.17, 15) is 9.59 Å². The van der Waals surface area contributed by atoms with E-state index in [1.807, 2.05) is 4.90 Å². The van der Waals surface area contributed by atoms with Gasteiger partial charge in [0.1, 0.15) is 17.8 Å². The van der Waals surface area contributed by atoms with Gasteiger partial charge in [0.05, 0.1) is 11.9 Å². The maximum Gasteiger partial charge on any atom is 0.274 e. The molecule has 0 bridgehead atoms. The number of hydrogen-bond donors (Lipinski definition) is 1. The number of nitrogens with zero attached hydrogens (tertiary/aromatic N) is 5. The molecule has 3 heterocycles. The molecule has 160 valence electrons. The Labute approximate surface area is 181 Å². The molecule has 1 N–H and O–H groups in total. The molecule has 8 heteroatoms. The number of amides is 2. The van der Waals surface area contributed by atoms with Gasteiger partial charge in [0.2, 0.25) is 5.91 Å². The highest BCUT2D eigenvalue weighted by Crippen LogP contribution is 2.19. The van der Waals surface area contributed by atoms with Crippen LogP contribution in [-0.2, 0) is 4.79 Å². The molecule has 0 saturated carbocycles. The quantitative estimate of drug-likeness (QED) is 0.689. The van der Waals surface area contributed by atoms with Gasteiger partial charge < -0.3 is 15.1 Å². The number of aromatic nitrogens is 3. The highest BCUT2D eigenvalue weighted by molar-refractivity contribution is 5.92. The number of hydrogen-bond acceptors (Lipinski definition) is 5. The van der Waals surface area contributed by atoms with Gasteiger partial charge in [-0.05, 0) is 36.8 Å². The smallest absolute Gasteiger partial charge is 0.274 e. The number of carbonyl (C=O) groups is 2. The average molecular weight is 419 g/mol. The molecule has 0 unspecified atom stereocenters. The Bertz CT molecular complexity index is 1070. The number of aryl methyl sites for hydroxylation is 1. The molecule has 1 aliphatic rings. The third-order valence-corrected chi connectivity index (χ3v) is 5.35. The molecule has 1 aliphatic heterocycles. The summed E-state index contributed by atoms with van der Waals surface area (Å²) < 4.78 is 1.71. The molecular weight excluding hydrogens is 392 g/mol. The van der Waals surface area contributed by atoms with Gasteiger partial charge in [0, 0.05) is 44.5 Å². The van der Waals surface area contributed by atoms with Gasteiger partial charge in [0.25, 0.3) is 5.91 Å². The molecule has 1 saturated heterocycles. The number of pyridine rings is 1. The van der Waals surface area contributed by atoms with Crippen molar-refractivity contribution in [3.63, 3.8) is 0 Å². The first-order chi connectivity index (χ1) is 15.0. The fraction of sp³-hybridized carbons (Fsp3) is 0.304. The van der Waals surface area contributed by atoms with Crippen LogP contribution in [0.4, 0.5) is 11.4 Å². The van der Waals surface area contributed by atoms with Gasteiger partial charge in [-0.3, -0.25) is 14.2 Å². The predicted molar refractivity (Wildman–Crippen MR) is 120 cm³/mol. The van der Waals surface area contributed by atoms with Crippen molar-refractivity contribution in [2.45, 2.75) is 20.3 Å². The number of rotatable bonds is 5. The number of carbonyl (C=O) groups excluding carboxylic acids is 2. The molecule has 1 fully saturated rings. The SMILES string of the molecule is CCC(=O)Nc1ccc(-n2cnc(C(=O)N3CCN(c4cccc(C)c4)CC3)c2)nc1. The van der Waals surface area contributed by atoms with Crippen molar-refractivity contribution >= 4 is 23.2 Å². The summed E-state index contributed by atoms with van der Waals surface area (Å²) >= 11 is 0.